The minimum Gasteiger partial charge on any atom is -0.411 e. The minimum atomic E-state index is -0.148. The molecule has 0 radical (unpaired) electrons. The largest absolute Gasteiger partial charge is 0.411 e. The van der Waals surface area contributed by atoms with E-state index in [1.54, 1.807) is 19.3 Å². The molecule has 0 aliphatic carbocycles. The van der Waals surface area contributed by atoms with Crippen molar-refractivity contribution in [3.63, 3.8) is 0 Å². The molecule has 1 aromatic rings. The lowest BCUT2D eigenvalue weighted by atomic mass is 9.93. The summed E-state index contributed by atoms with van der Waals surface area (Å²) < 4.78 is 0. The van der Waals surface area contributed by atoms with E-state index in [-0.39, 0.29) is 5.92 Å². The molecule has 1 unspecified atom stereocenters. The molecule has 88 valence electrons. The quantitative estimate of drug-likeness (QED) is 0.293. The smallest absolute Gasteiger partial charge is 0.129 e. The lowest BCUT2D eigenvalue weighted by Gasteiger charge is -2.13. The Morgan fingerprint density at radius 3 is 2.94 bits per heavy atom. The van der Waals surface area contributed by atoms with Crippen molar-refractivity contribution in [2.24, 2.45) is 10.1 Å². The molecule has 0 saturated heterocycles. The normalized spacial score (nSPS) is 13.6. The number of nitrogens with zero attached hydrogens (tertiary/aromatic N) is 3. The summed E-state index contributed by atoms with van der Waals surface area (Å²) in [7, 11) is 1.61. The summed E-state index contributed by atoms with van der Waals surface area (Å²) in [6, 6.07) is 3.51. The van der Waals surface area contributed by atoms with Gasteiger partial charge in [0.2, 0.25) is 0 Å². The number of terminal acetylenes is 1. The Balaban J connectivity index is 3.09. The van der Waals surface area contributed by atoms with E-state index in [4.69, 9.17) is 23.2 Å². The molecule has 0 spiro atoms. The van der Waals surface area contributed by atoms with E-state index in [1.165, 1.54) is 6.21 Å². The molecule has 1 N–H and O–H groups in total. The van der Waals surface area contributed by atoms with Crippen LogP contribution in [0.25, 0.3) is 0 Å². The third-order valence-electron chi connectivity index (χ3n) is 2.28. The molecule has 0 aromatic carbocycles. The van der Waals surface area contributed by atoms with Gasteiger partial charge in [0.25, 0.3) is 0 Å². The number of halogens is 1. The van der Waals surface area contributed by atoms with Gasteiger partial charge in [-0.3, -0.25) is 4.99 Å². The average Bonchev–Trinajstić information content (AvgIpc) is 2.35. The Kier molecular flexibility index (Phi) is 5.18. The van der Waals surface area contributed by atoms with Gasteiger partial charge in [-0.05, 0) is 11.6 Å². The van der Waals surface area contributed by atoms with Gasteiger partial charge in [0, 0.05) is 25.6 Å². The average molecular weight is 250 g/mol. The summed E-state index contributed by atoms with van der Waals surface area (Å²) in [6.07, 6.45) is 8.69. The van der Waals surface area contributed by atoms with Gasteiger partial charge in [-0.2, -0.15) is 0 Å². The number of hydrogen-bond donors (Lipinski definition) is 1. The minimum absolute atomic E-state index is 0.148. The number of hydrogen-bond acceptors (Lipinski definition) is 4. The SMILES string of the molecule is C#CCC(C(C=NO)=NC)c1ccc(Cl)nc1. The maximum Gasteiger partial charge on any atom is 0.129 e. The predicted octanol–water partition coefficient (Wildman–Crippen LogP) is 2.37. The van der Waals surface area contributed by atoms with Crippen LogP contribution in [0.3, 0.4) is 0 Å². The Hall–Kier alpha value is -1.86. The van der Waals surface area contributed by atoms with Crippen LogP contribution in [-0.4, -0.2) is 29.2 Å². The number of rotatable bonds is 4. The van der Waals surface area contributed by atoms with Gasteiger partial charge in [0.15, 0.2) is 0 Å². The lowest BCUT2D eigenvalue weighted by molar-refractivity contribution is 0.322. The van der Waals surface area contributed by atoms with E-state index < -0.39 is 0 Å². The highest BCUT2D eigenvalue weighted by atomic mass is 35.5. The van der Waals surface area contributed by atoms with Gasteiger partial charge in [0.05, 0.1) is 11.9 Å². The molecule has 1 rings (SSSR count). The maximum absolute atomic E-state index is 8.58. The number of aliphatic imine (C=N–C) groups is 1. The third-order valence-corrected chi connectivity index (χ3v) is 2.50. The Morgan fingerprint density at radius 1 is 1.71 bits per heavy atom. The predicted molar refractivity (Wildman–Crippen MR) is 69.1 cm³/mol. The fourth-order valence-corrected chi connectivity index (χ4v) is 1.58. The van der Waals surface area contributed by atoms with Crippen molar-refractivity contribution < 1.29 is 5.21 Å². The van der Waals surface area contributed by atoms with Crippen LogP contribution in [0.1, 0.15) is 17.9 Å². The Morgan fingerprint density at radius 2 is 2.47 bits per heavy atom. The van der Waals surface area contributed by atoms with Crippen LogP contribution < -0.4 is 0 Å². The second-order valence-corrected chi connectivity index (χ2v) is 3.66. The first-order valence-electron chi connectivity index (χ1n) is 4.92. The van der Waals surface area contributed by atoms with Crippen LogP contribution in [-0.2, 0) is 0 Å². The van der Waals surface area contributed by atoms with Gasteiger partial charge >= 0.3 is 0 Å². The van der Waals surface area contributed by atoms with E-state index in [9.17, 15) is 0 Å². The van der Waals surface area contributed by atoms with Gasteiger partial charge < -0.3 is 5.21 Å². The molecule has 0 aliphatic rings. The van der Waals surface area contributed by atoms with E-state index in [1.807, 2.05) is 6.07 Å². The first-order chi connectivity index (χ1) is 8.22. The molecule has 0 aliphatic heterocycles. The molecular formula is C12H12ClN3O. The van der Waals surface area contributed by atoms with Crippen molar-refractivity contribution in [1.82, 2.24) is 4.98 Å². The molecule has 0 amide bonds. The van der Waals surface area contributed by atoms with Crippen LogP contribution in [0, 0.1) is 12.3 Å². The zero-order valence-corrected chi connectivity index (χ0v) is 10.1. The Labute approximate surface area is 105 Å². The molecule has 1 aromatic heterocycles. The van der Waals surface area contributed by atoms with Gasteiger partial charge in [0.1, 0.15) is 5.15 Å². The van der Waals surface area contributed by atoms with E-state index >= 15 is 0 Å². The molecule has 4 nitrogen and oxygen atoms in total. The standard InChI is InChI=1S/C12H12ClN3O/c1-3-4-10(11(14-2)8-16-17)9-5-6-12(13)15-7-9/h1,5-8,10,17H,4H2,2H3. The van der Waals surface area contributed by atoms with E-state index in [0.29, 0.717) is 17.3 Å². The van der Waals surface area contributed by atoms with E-state index in [0.717, 1.165) is 5.56 Å². The van der Waals surface area contributed by atoms with Gasteiger partial charge in [-0.1, -0.05) is 22.8 Å². The molecule has 0 saturated carbocycles. The summed E-state index contributed by atoms with van der Waals surface area (Å²) in [5, 5.41) is 12.0. The summed E-state index contributed by atoms with van der Waals surface area (Å²) in [5.41, 5.74) is 1.47. The van der Waals surface area contributed by atoms with Crippen LogP contribution in [0.4, 0.5) is 0 Å². The van der Waals surface area contributed by atoms with E-state index in [2.05, 4.69) is 21.1 Å². The second-order valence-electron chi connectivity index (χ2n) is 3.27. The van der Waals surface area contributed by atoms with Crippen molar-refractivity contribution >= 4 is 23.5 Å². The summed E-state index contributed by atoms with van der Waals surface area (Å²) >= 11 is 5.72. The van der Waals surface area contributed by atoms with Crippen LogP contribution in [0.5, 0.6) is 0 Å². The van der Waals surface area contributed by atoms with Crippen molar-refractivity contribution in [1.29, 1.82) is 0 Å². The summed E-state index contributed by atoms with van der Waals surface area (Å²) in [6.45, 7) is 0. The highest BCUT2D eigenvalue weighted by Crippen LogP contribution is 2.21. The first kappa shape index (κ1) is 13.2. The number of oxime groups is 1. The van der Waals surface area contributed by atoms with Crippen molar-refractivity contribution in [2.45, 2.75) is 12.3 Å². The van der Waals surface area contributed by atoms with Crippen LogP contribution in [0.15, 0.2) is 28.5 Å². The fraction of sp³-hybridized carbons (Fsp3) is 0.250. The summed E-state index contributed by atoms with van der Waals surface area (Å²) in [5.74, 6) is 2.42. The molecule has 0 fully saturated rings. The van der Waals surface area contributed by atoms with Gasteiger partial charge in [-0.15, -0.1) is 12.3 Å². The zero-order chi connectivity index (χ0) is 12.7. The monoisotopic (exact) mass is 249 g/mol. The highest BCUT2D eigenvalue weighted by molar-refractivity contribution is 6.33. The zero-order valence-electron chi connectivity index (χ0n) is 9.34. The van der Waals surface area contributed by atoms with Crippen LogP contribution >= 0.6 is 11.6 Å². The maximum atomic E-state index is 8.58. The Bertz CT molecular complexity index is 460. The van der Waals surface area contributed by atoms with Crippen LogP contribution in [0.2, 0.25) is 5.15 Å². The first-order valence-corrected chi connectivity index (χ1v) is 5.29. The molecule has 1 heterocycles. The van der Waals surface area contributed by atoms with Gasteiger partial charge in [-0.25, -0.2) is 4.98 Å². The third kappa shape index (κ3) is 3.58. The molecule has 0 bridgehead atoms. The second kappa shape index (κ2) is 6.66. The van der Waals surface area contributed by atoms with Crippen molar-refractivity contribution in [2.75, 3.05) is 7.05 Å². The topological polar surface area (TPSA) is 57.8 Å². The number of pyridine rings is 1. The van der Waals surface area contributed by atoms with Crippen molar-refractivity contribution in [3.05, 3.63) is 29.0 Å². The molecular weight excluding hydrogens is 238 g/mol. The molecule has 17 heavy (non-hydrogen) atoms. The number of aromatic nitrogens is 1. The molecule has 5 heteroatoms. The molecule has 1 atom stereocenters. The summed E-state index contributed by atoms with van der Waals surface area (Å²) in [4.78, 5) is 8.04. The van der Waals surface area contributed by atoms with Crippen molar-refractivity contribution in [3.8, 4) is 12.3 Å². The fourth-order valence-electron chi connectivity index (χ4n) is 1.47. The lowest BCUT2D eigenvalue weighted by Crippen LogP contribution is -2.14. The highest BCUT2D eigenvalue weighted by Gasteiger charge is 2.16.